The van der Waals surface area contributed by atoms with E-state index in [-0.39, 0.29) is 5.56 Å². The number of ether oxygens (including phenoxy) is 1. The van der Waals surface area contributed by atoms with Gasteiger partial charge in [-0.05, 0) is 32.8 Å². The summed E-state index contributed by atoms with van der Waals surface area (Å²) in [6, 6.07) is 0. The van der Waals surface area contributed by atoms with Gasteiger partial charge in [-0.2, -0.15) is 5.10 Å². The van der Waals surface area contributed by atoms with Gasteiger partial charge < -0.3 is 9.84 Å². The number of carbonyl (C=O) groups is 1. The molecular weight excluding hydrogens is 236 g/mol. The zero-order valence-corrected chi connectivity index (χ0v) is 10.9. The summed E-state index contributed by atoms with van der Waals surface area (Å²) in [6.45, 7) is 6.69. The average molecular weight is 254 g/mol. The molecule has 0 aromatic carbocycles. The molecule has 6 nitrogen and oxygen atoms in total. The summed E-state index contributed by atoms with van der Waals surface area (Å²) in [5.74, 6) is -1.21. The Morgan fingerprint density at radius 2 is 2.11 bits per heavy atom. The topological polar surface area (TPSA) is 81.4 Å². The van der Waals surface area contributed by atoms with Crippen molar-refractivity contribution in [1.82, 2.24) is 9.78 Å². The standard InChI is InChI=1S/C12H18N2O4/c1-4-18-7-5-6-14-11(15)10(12(16)17)8(2)9(3)13-14/h4-7H2,1-3H3,(H,16,17). The highest BCUT2D eigenvalue weighted by Crippen LogP contribution is 2.06. The third-order valence-corrected chi connectivity index (χ3v) is 2.71. The van der Waals surface area contributed by atoms with Gasteiger partial charge in [-0.3, -0.25) is 4.79 Å². The molecular formula is C12H18N2O4. The lowest BCUT2D eigenvalue weighted by molar-refractivity contribution is 0.0692. The second-order valence-electron chi connectivity index (χ2n) is 3.97. The van der Waals surface area contributed by atoms with Gasteiger partial charge in [0, 0.05) is 19.8 Å². The Bertz CT molecular complexity index is 494. The van der Waals surface area contributed by atoms with Crippen molar-refractivity contribution >= 4 is 5.97 Å². The first-order valence-corrected chi connectivity index (χ1v) is 5.88. The smallest absolute Gasteiger partial charge is 0.341 e. The van der Waals surface area contributed by atoms with Crippen LogP contribution in [0.1, 0.15) is 35.0 Å². The fraction of sp³-hybridized carbons (Fsp3) is 0.583. The molecule has 0 aliphatic heterocycles. The molecule has 0 bridgehead atoms. The van der Waals surface area contributed by atoms with Gasteiger partial charge >= 0.3 is 5.97 Å². The van der Waals surface area contributed by atoms with Crippen LogP contribution < -0.4 is 5.56 Å². The zero-order valence-electron chi connectivity index (χ0n) is 10.9. The summed E-state index contributed by atoms with van der Waals surface area (Å²) in [5.41, 5.74) is 0.234. The summed E-state index contributed by atoms with van der Waals surface area (Å²) in [7, 11) is 0. The van der Waals surface area contributed by atoms with Gasteiger partial charge in [0.1, 0.15) is 5.56 Å². The first kappa shape index (κ1) is 14.4. The molecule has 6 heteroatoms. The number of aromatic nitrogens is 2. The van der Waals surface area contributed by atoms with Gasteiger partial charge in [-0.1, -0.05) is 0 Å². The van der Waals surface area contributed by atoms with Gasteiger partial charge in [0.2, 0.25) is 0 Å². The number of nitrogens with zero attached hydrogens (tertiary/aromatic N) is 2. The second kappa shape index (κ2) is 6.30. The van der Waals surface area contributed by atoms with Gasteiger partial charge in [-0.15, -0.1) is 0 Å². The molecule has 0 atom stereocenters. The number of rotatable bonds is 6. The average Bonchev–Trinajstić information content (AvgIpc) is 2.30. The van der Waals surface area contributed by atoms with Crippen molar-refractivity contribution in [3.05, 3.63) is 27.2 Å². The van der Waals surface area contributed by atoms with Crippen molar-refractivity contribution < 1.29 is 14.6 Å². The highest BCUT2D eigenvalue weighted by atomic mass is 16.5. The van der Waals surface area contributed by atoms with Crippen LogP contribution in [0.15, 0.2) is 4.79 Å². The fourth-order valence-corrected chi connectivity index (χ4v) is 1.64. The molecule has 0 unspecified atom stereocenters. The molecule has 1 aromatic heterocycles. The van der Waals surface area contributed by atoms with E-state index < -0.39 is 11.5 Å². The van der Waals surface area contributed by atoms with Crippen LogP contribution in [-0.2, 0) is 11.3 Å². The lowest BCUT2D eigenvalue weighted by Gasteiger charge is -2.10. The minimum absolute atomic E-state index is 0.195. The first-order valence-electron chi connectivity index (χ1n) is 5.88. The normalized spacial score (nSPS) is 10.6. The van der Waals surface area contributed by atoms with E-state index in [2.05, 4.69) is 5.10 Å². The molecule has 18 heavy (non-hydrogen) atoms. The van der Waals surface area contributed by atoms with E-state index in [9.17, 15) is 9.59 Å². The van der Waals surface area contributed by atoms with Crippen molar-refractivity contribution in [3.63, 3.8) is 0 Å². The van der Waals surface area contributed by atoms with E-state index in [1.807, 2.05) is 6.92 Å². The molecule has 0 aliphatic rings. The maximum Gasteiger partial charge on any atom is 0.341 e. The maximum absolute atomic E-state index is 11.9. The summed E-state index contributed by atoms with van der Waals surface area (Å²) in [4.78, 5) is 23.0. The van der Waals surface area contributed by atoms with Crippen molar-refractivity contribution in [1.29, 1.82) is 0 Å². The van der Waals surface area contributed by atoms with E-state index in [1.165, 1.54) is 4.68 Å². The number of carboxylic acid groups (broad SMARTS) is 1. The lowest BCUT2D eigenvalue weighted by Crippen LogP contribution is -2.31. The second-order valence-corrected chi connectivity index (χ2v) is 3.97. The van der Waals surface area contributed by atoms with E-state index in [0.717, 1.165) is 0 Å². The minimum Gasteiger partial charge on any atom is -0.477 e. The Kier molecular flexibility index (Phi) is 5.03. The highest BCUT2D eigenvalue weighted by molar-refractivity contribution is 5.88. The lowest BCUT2D eigenvalue weighted by atomic mass is 10.1. The van der Waals surface area contributed by atoms with E-state index >= 15 is 0 Å². The van der Waals surface area contributed by atoms with Crippen LogP contribution in [0.2, 0.25) is 0 Å². The van der Waals surface area contributed by atoms with Crippen molar-refractivity contribution in [2.45, 2.75) is 33.7 Å². The highest BCUT2D eigenvalue weighted by Gasteiger charge is 2.17. The molecule has 1 N–H and O–H groups in total. The Morgan fingerprint density at radius 1 is 1.44 bits per heavy atom. The molecule has 0 spiro atoms. The summed E-state index contributed by atoms with van der Waals surface area (Å²) in [5, 5.41) is 13.1. The Hall–Kier alpha value is -1.69. The molecule has 100 valence electrons. The van der Waals surface area contributed by atoms with Crippen LogP contribution in [0.5, 0.6) is 0 Å². The first-order chi connectivity index (χ1) is 8.49. The predicted octanol–water partition coefficient (Wildman–Crippen LogP) is 0.985. The third-order valence-electron chi connectivity index (χ3n) is 2.71. The van der Waals surface area contributed by atoms with Gasteiger partial charge in [0.05, 0.1) is 5.69 Å². The molecule has 0 radical (unpaired) electrons. The summed E-state index contributed by atoms with van der Waals surface area (Å²) >= 11 is 0. The van der Waals surface area contributed by atoms with Crippen LogP contribution in [0, 0.1) is 13.8 Å². The largest absolute Gasteiger partial charge is 0.477 e. The van der Waals surface area contributed by atoms with Crippen LogP contribution in [0.25, 0.3) is 0 Å². The fourth-order valence-electron chi connectivity index (χ4n) is 1.64. The number of hydrogen-bond acceptors (Lipinski definition) is 4. The minimum atomic E-state index is -1.21. The third kappa shape index (κ3) is 3.16. The van der Waals surface area contributed by atoms with Crippen LogP contribution in [-0.4, -0.2) is 34.1 Å². The van der Waals surface area contributed by atoms with E-state index in [4.69, 9.17) is 9.84 Å². The van der Waals surface area contributed by atoms with E-state index in [1.54, 1.807) is 13.8 Å². The predicted molar refractivity (Wildman–Crippen MR) is 66.0 cm³/mol. The van der Waals surface area contributed by atoms with Gasteiger partial charge in [0.15, 0.2) is 0 Å². The number of aromatic carboxylic acids is 1. The maximum atomic E-state index is 11.9. The monoisotopic (exact) mass is 254 g/mol. The molecule has 0 saturated heterocycles. The molecule has 0 aliphatic carbocycles. The van der Waals surface area contributed by atoms with Crippen molar-refractivity contribution in [2.75, 3.05) is 13.2 Å². The molecule has 1 heterocycles. The van der Waals surface area contributed by atoms with Crippen molar-refractivity contribution in [2.24, 2.45) is 0 Å². The number of aryl methyl sites for hydroxylation is 2. The number of hydrogen-bond donors (Lipinski definition) is 1. The molecule has 0 saturated carbocycles. The Balaban J connectivity index is 3.00. The summed E-state index contributed by atoms with van der Waals surface area (Å²) in [6.07, 6.45) is 0.627. The zero-order chi connectivity index (χ0) is 13.7. The quantitative estimate of drug-likeness (QED) is 0.765. The van der Waals surface area contributed by atoms with Crippen LogP contribution >= 0.6 is 0 Å². The molecule has 1 aromatic rings. The van der Waals surface area contributed by atoms with Gasteiger partial charge in [0.25, 0.3) is 5.56 Å². The SMILES string of the molecule is CCOCCCn1nc(C)c(C)c(C(=O)O)c1=O. The molecule has 0 amide bonds. The van der Waals surface area contributed by atoms with Crippen LogP contribution in [0.4, 0.5) is 0 Å². The van der Waals surface area contributed by atoms with Gasteiger partial charge in [-0.25, -0.2) is 9.48 Å². The molecule has 1 rings (SSSR count). The Morgan fingerprint density at radius 3 is 2.67 bits per heavy atom. The summed E-state index contributed by atoms with van der Waals surface area (Å²) < 4.78 is 6.37. The Labute approximate surface area is 105 Å². The van der Waals surface area contributed by atoms with E-state index in [0.29, 0.717) is 37.4 Å². The molecule has 0 fully saturated rings. The van der Waals surface area contributed by atoms with Crippen molar-refractivity contribution in [3.8, 4) is 0 Å². The number of carboxylic acids is 1. The van der Waals surface area contributed by atoms with Crippen LogP contribution in [0.3, 0.4) is 0 Å².